The zero-order chi connectivity index (χ0) is 12.5. The van der Waals surface area contributed by atoms with E-state index in [9.17, 15) is 9.90 Å². The van der Waals surface area contributed by atoms with E-state index in [1.165, 1.54) is 0 Å². The van der Waals surface area contributed by atoms with Crippen LogP contribution in [-0.2, 0) is 0 Å². The number of benzene rings is 1. The van der Waals surface area contributed by atoms with Crippen LogP contribution in [0.3, 0.4) is 0 Å². The van der Waals surface area contributed by atoms with E-state index >= 15 is 0 Å². The minimum Gasteiger partial charge on any atom is -0.478 e. The van der Waals surface area contributed by atoms with E-state index in [0.717, 1.165) is 10.0 Å². The molecule has 1 atom stereocenters. The number of carboxylic acids is 1. The molecule has 0 aliphatic carbocycles. The highest BCUT2D eigenvalue weighted by atomic mass is 79.9. The van der Waals surface area contributed by atoms with Gasteiger partial charge in [0, 0.05) is 4.47 Å². The first-order chi connectivity index (χ1) is 7.23. The fourth-order valence-corrected chi connectivity index (χ4v) is 3.10. The van der Waals surface area contributed by atoms with Crippen molar-refractivity contribution in [3.8, 4) is 0 Å². The third-order valence-electron chi connectivity index (χ3n) is 3.01. The predicted octanol–water partition coefficient (Wildman–Crippen LogP) is 4.13. The number of hydrogen-bond acceptors (Lipinski definition) is 1. The Balaban J connectivity index is 3.30. The molecule has 0 bridgehead atoms. The van der Waals surface area contributed by atoms with Gasteiger partial charge in [0.15, 0.2) is 0 Å². The molecule has 1 aromatic carbocycles. The highest BCUT2D eigenvalue weighted by molar-refractivity contribution is 9.10. The fourth-order valence-electron chi connectivity index (χ4n) is 1.55. The molecule has 0 aromatic heterocycles. The summed E-state index contributed by atoms with van der Waals surface area (Å²) >= 11 is 3.40. The SMILES string of the molecule is CC(c1cc(Br)ccc1C(=O)O)[Si](C)(C)C. The van der Waals surface area contributed by atoms with Crippen LogP contribution in [0.2, 0.25) is 19.6 Å². The fraction of sp³-hybridized carbons (Fsp3) is 0.417. The van der Waals surface area contributed by atoms with Gasteiger partial charge in [-0.1, -0.05) is 42.5 Å². The maximum atomic E-state index is 11.2. The quantitative estimate of drug-likeness (QED) is 0.852. The number of rotatable bonds is 3. The van der Waals surface area contributed by atoms with Crippen molar-refractivity contribution in [2.45, 2.75) is 32.1 Å². The average molecular weight is 301 g/mol. The van der Waals surface area contributed by atoms with Gasteiger partial charge >= 0.3 is 5.97 Å². The van der Waals surface area contributed by atoms with Gasteiger partial charge in [0.2, 0.25) is 0 Å². The molecule has 1 unspecified atom stereocenters. The number of aromatic carboxylic acids is 1. The van der Waals surface area contributed by atoms with Gasteiger partial charge in [-0.3, -0.25) is 0 Å². The van der Waals surface area contributed by atoms with Gasteiger partial charge in [0.05, 0.1) is 13.6 Å². The van der Waals surface area contributed by atoms with Crippen molar-refractivity contribution >= 4 is 30.0 Å². The molecule has 0 amide bonds. The summed E-state index contributed by atoms with van der Waals surface area (Å²) in [6.45, 7) is 8.89. The van der Waals surface area contributed by atoms with E-state index in [-0.39, 0.29) is 0 Å². The van der Waals surface area contributed by atoms with Crippen LogP contribution < -0.4 is 0 Å². The molecule has 0 saturated heterocycles. The highest BCUT2D eigenvalue weighted by Crippen LogP contribution is 2.31. The molecule has 0 heterocycles. The second-order valence-corrected chi connectivity index (χ2v) is 11.6. The molecule has 1 aromatic rings. The van der Waals surface area contributed by atoms with Crippen molar-refractivity contribution in [2.24, 2.45) is 0 Å². The van der Waals surface area contributed by atoms with Crippen LogP contribution in [0.1, 0.15) is 28.4 Å². The second-order valence-electron chi connectivity index (χ2n) is 5.12. The maximum absolute atomic E-state index is 11.2. The molecule has 0 fully saturated rings. The summed E-state index contributed by atoms with van der Waals surface area (Å²) in [4.78, 5) is 11.2. The highest BCUT2D eigenvalue weighted by Gasteiger charge is 2.27. The van der Waals surface area contributed by atoms with Crippen molar-refractivity contribution < 1.29 is 9.90 Å². The van der Waals surface area contributed by atoms with Crippen molar-refractivity contribution in [1.29, 1.82) is 0 Å². The summed E-state index contributed by atoms with van der Waals surface area (Å²) in [6, 6.07) is 5.40. The number of carboxylic acid groups (broad SMARTS) is 1. The lowest BCUT2D eigenvalue weighted by atomic mass is 10.1. The van der Waals surface area contributed by atoms with Crippen LogP contribution in [0.4, 0.5) is 0 Å². The van der Waals surface area contributed by atoms with Crippen LogP contribution in [0.5, 0.6) is 0 Å². The van der Waals surface area contributed by atoms with Crippen LogP contribution in [0.15, 0.2) is 22.7 Å². The van der Waals surface area contributed by atoms with Crippen LogP contribution in [0.25, 0.3) is 0 Å². The average Bonchev–Trinajstić information content (AvgIpc) is 2.14. The number of hydrogen-bond donors (Lipinski definition) is 1. The first-order valence-corrected chi connectivity index (χ1v) is 9.63. The Morgan fingerprint density at radius 1 is 1.38 bits per heavy atom. The first-order valence-electron chi connectivity index (χ1n) is 5.26. The smallest absolute Gasteiger partial charge is 0.335 e. The summed E-state index contributed by atoms with van der Waals surface area (Å²) in [5.41, 5.74) is 1.70. The van der Waals surface area contributed by atoms with Crippen molar-refractivity contribution in [2.75, 3.05) is 0 Å². The number of halogens is 1. The summed E-state index contributed by atoms with van der Waals surface area (Å²) in [7, 11) is -1.39. The van der Waals surface area contributed by atoms with Crippen LogP contribution in [0, 0.1) is 0 Å². The maximum Gasteiger partial charge on any atom is 0.335 e. The van der Waals surface area contributed by atoms with Gasteiger partial charge in [-0.25, -0.2) is 4.79 Å². The molecule has 0 aliphatic heterocycles. The minimum absolute atomic E-state index is 0.330. The Kier molecular flexibility index (Phi) is 3.96. The molecular weight excluding hydrogens is 284 g/mol. The first kappa shape index (κ1) is 13.5. The predicted molar refractivity (Wildman–Crippen MR) is 72.9 cm³/mol. The molecule has 2 nitrogen and oxygen atoms in total. The monoisotopic (exact) mass is 300 g/mol. The molecule has 1 rings (SSSR count). The van der Waals surface area contributed by atoms with E-state index in [0.29, 0.717) is 11.1 Å². The van der Waals surface area contributed by atoms with Crippen LogP contribution in [-0.4, -0.2) is 19.1 Å². The number of carbonyl (C=O) groups is 1. The Morgan fingerprint density at radius 3 is 2.38 bits per heavy atom. The summed E-state index contributed by atoms with van der Waals surface area (Å²) in [5.74, 6) is -0.840. The lowest BCUT2D eigenvalue weighted by molar-refractivity contribution is 0.0695. The molecule has 16 heavy (non-hydrogen) atoms. The van der Waals surface area contributed by atoms with E-state index in [2.05, 4.69) is 42.5 Å². The van der Waals surface area contributed by atoms with E-state index in [1.54, 1.807) is 12.1 Å². The topological polar surface area (TPSA) is 37.3 Å². The van der Waals surface area contributed by atoms with E-state index < -0.39 is 14.0 Å². The van der Waals surface area contributed by atoms with Gasteiger partial charge in [-0.05, 0) is 29.3 Å². The van der Waals surface area contributed by atoms with Crippen LogP contribution >= 0.6 is 15.9 Å². The van der Waals surface area contributed by atoms with E-state index in [4.69, 9.17) is 0 Å². The summed E-state index contributed by atoms with van der Waals surface area (Å²) < 4.78 is 0.942. The zero-order valence-electron chi connectivity index (χ0n) is 10.0. The zero-order valence-corrected chi connectivity index (χ0v) is 12.6. The molecule has 1 N–H and O–H groups in total. The second kappa shape index (κ2) is 4.71. The van der Waals surface area contributed by atoms with Gasteiger partial charge in [-0.15, -0.1) is 0 Å². The third-order valence-corrected chi connectivity index (χ3v) is 6.41. The van der Waals surface area contributed by atoms with Gasteiger partial charge in [0.25, 0.3) is 0 Å². The summed E-state index contributed by atoms with van der Waals surface area (Å²) in [5, 5.41) is 9.17. The molecular formula is C12H17BrO2Si. The molecule has 4 heteroatoms. The standard InChI is InChI=1S/C12H17BrO2Si/c1-8(16(2,3)4)11-7-9(13)5-6-10(11)12(14)15/h5-8H,1-4H3,(H,14,15). The molecule has 0 spiro atoms. The van der Waals surface area contributed by atoms with E-state index in [1.807, 2.05) is 6.07 Å². The van der Waals surface area contributed by atoms with Crippen molar-refractivity contribution in [1.82, 2.24) is 0 Å². The van der Waals surface area contributed by atoms with Gasteiger partial charge in [-0.2, -0.15) is 0 Å². The summed E-state index contributed by atoms with van der Waals surface area (Å²) in [6.07, 6.45) is 0. The van der Waals surface area contributed by atoms with Crippen molar-refractivity contribution in [3.63, 3.8) is 0 Å². The van der Waals surface area contributed by atoms with Crippen molar-refractivity contribution in [3.05, 3.63) is 33.8 Å². The normalized spacial score (nSPS) is 13.6. The molecule has 0 aliphatic rings. The largest absolute Gasteiger partial charge is 0.478 e. The molecule has 88 valence electrons. The Hall–Kier alpha value is -0.613. The molecule has 0 saturated carbocycles. The minimum atomic E-state index is -1.39. The lowest BCUT2D eigenvalue weighted by Crippen LogP contribution is -2.30. The molecule has 0 radical (unpaired) electrons. The van der Waals surface area contributed by atoms with Gasteiger partial charge in [0.1, 0.15) is 0 Å². The lowest BCUT2D eigenvalue weighted by Gasteiger charge is -2.27. The Bertz CT molecular complexity index is 410. The third kappa shape index (κ3) is 2.95. The van der Waals surface area contributed by atoms with Gasteiger partial charge < -0.3 is 5.11 Å². The Labute approximate surface area is 106 Å². The Morgan fingerprint density at radius 2 is 1.94 bits per heavy atom.